The molecule has 118 valence electrons. The summed E-state index contributed by atoms with van der Waals surface area (Å²) in [7, 11) is 0. The molecule has 0 unspecified atom stereocenters. The van der Waals surface area contributed by atoms with Gasteiger partial charge in [0.25, 0.3) is 0 Å². The summed E-state index contributed by atoms with van der Waals surface area (Å²) in [5, 5.41) is 19.6. The van der Waals surface area contributed by atoms with Crippen LogP contribution in [-0.2, 0) is 0 Å². The van der Waals surface area contributed by atoms with Gasteiger partial charge in [-0.1, -0.05) is 84.1 Å². The molecule has 4 heteroatoms. The zero-order valence-corrected chi connectivity index (χ0v) is 13.0. The van der Waals surface area contributed by atoms with Gasteiger partial charge in [-0.2, -0.15) is 0 Å². The highest BCUT2D eigenvalue weighted by molar-refractivity contribution is 5.77. The average molecular weight is 315 g/mol. The quantitative estimate of drug-likeness (QED) is 0.571. The van der Waals surface area contributed by atoms with Gasteiger partial charge in [0.05, 0.1) is 5.69 Å². The minimum Gasteiger partial charge on any atom is -0.508 e. The van der Waals surface area contributed by atoms with Crippen molar-refractivity contribution < 1.29 is 5.11 Å². The van der Waals surface area contributed by atoms with Crippen LogP contribution in [0.15, 0.2) is 91.0 Å². The van der Waals surface area contributed by atoms with E-state index in [1.54, 1.807) is 24.3 Å². The van der Waals surface area contributed by atoms with Crippen molar-refractivity contribution in [2.75, 3.05) is 0 Å². The van der Waals surface area contributed by atoms with Crippen molar-refractivity contribution in [2.24, 2.45) is 0 Å². The van der Waals surface area contributed by atoms with Crippen LogP contribution in [0.5, 0.6) is 5.75 Å². The predicted molar refractivity (Wildman–Crippen MR) is 95.4 cm³/mol. The number of rotatable bonds is 2. The lowest BCUT2D eigenvalue weighted by Crippen LogP contribution is -1.82. The van der Waals surface area contributed by atoms with Gasteiger partial charge in [0.15, 0.2) is 0 Å². The van der Waals surface area contributed by atoms with E-state index in [0.717, 1.165) is 22.5 Å². The molecule has 0 spiro atoms. The van der Waals surface area contributed by atoms with Crippen LogP contribution in [0.3, 0.4) is 0 Å². The summed E-state index contributed by atoms with van der Waals surface area (Å²) < 4.78 is 0. The molecule has 0 saturated heterocycles. The maximum absolute atomic E-state index is 8.63. The number of benzene rings is 3. The lowest BCUT2D eigenvalue weighted by atomic mass is 10.1. The van der Waals surface area contributed by atoms with E-state index in [1.165, 1.54) is 0 Å². The molecular weight excluding hydrogens is 298 g/mol. The Balaban J connectivity index is 0.000000203. The molecule has 0 amide bonds. The van der Waals surface area contributed by atoms with Crippen LogP contribution in [0.1, 0.15) is 0 Å². The number of hydrogen-bond acceptors (Lipinski definition) is 3. The minimum atomic E-state index is 0.322. The monoisotopic (exact) mass is 315 g/mol. The Morgan fingerprint density at radius 1 is 0.625 bits per heavy atom. The topological polar surface area (TPSA) is 61.8 Å². The summed E-state index contributed by atoms with van der Waals surface area (Å²) in [5.41, 5.74) is 4.00. The van der Waals surface area contributed by atoms with Crippen molar-refractivity contribution in [3.8, 4) is 28.3 Å². The first-order valence-corrected chi connectivity index (χ1v) is 7.60. The molecule has 0 saturated carbocycles. The normalized spacial score (nSPS) is 9.83. The molecular formula is C20H17N3O. The fourth-order valence-corrected chi connectivity index (χ4v) is 2.26. The number of H-pyrrole nitrogens is 1. The van der Waals surface area contributed by atoms with Gasteiger partial charge >= 0.3 is 0 Å². The molecule has 0 aliphatic carbocycles. The molecule has 0 bridgehead atoms. The molecule has 4 rings (SSSR count). The fraction of sp³-hybridized carbons (Fsp3) is 0. The van der Waals surface area contributed by atoms with Gasteiger partial charge in [-0.3, -0.25) is 5.10 Å². The van der Waals surface area contributed by atoms with E-state index in [-0.39, 0.29) is 0 Å². The highest BCUT2D eigenvalue weighted by Crippen LogP contribution is 2.27. The molecule has 0 aliphatic rings. The Kier molecular flexibility index (Phi) is 5.00. The second-order valence-electron chi connectivity index (χ2n) is 5.10. The van der Waals surface area contributed by atoms with Gasteiger partial charge in [-0.25, -0.2) is 0 Å². The van der Waals surface area contributed by atoms with Crippen LogP contribution in [0.2, 0.25) is 0 Å². The third kappa shape index (κ3) is 3.87. The number of phenolic OH excluding ortho intramolecular Hbond substituents is 1. The van der Waals surface area contributed by atoms with E-state index < -0.39 is 0 Å². The Morgan fingerprint density at radius 3 is 1.62 bits per heavy atom. The van der Waals surface area contributed by atoms with Crippen LogP contribution in [0, 0.1) is 0 Å². The maximum Gasteiger partial charge on any atom is 0.120 e. The molecule has 1 heterocycles. The van der Waals surface area contributed by atoms with Crippen molar-refractivity contribution in [2.45, 2.75) is 0 Å². The molecule has 0 fully saturated rings. The Morgan fingerprint density at radius 2 is 1.12 bits per heavy atom. The highest BCUT2D eigenvalue weighted by Gasteiger charge is 2.10. The second-order valence-corrected chi connectivity index (χ2v) is 5.10. The van der Waals surface area contributed by atoms with Gasteiger partial charge in [0.1, 0.15) is 11.4 Å². The number of nitrogens with one attached hydrogen (secondary N) is 1. The van der Waals surface area contributed by atoms with Gasteiger partial charge in [-0.05, 0) is 12.1 Å². The van der Waals surface area contributed by atoms with Crippen LogP contribution in [-0.4, -0.2) is 20.5 Å². The smallest absolute Gasteiger partial charge is 0.120 e. The summed E-state index contributed by atoms with van der Waals surface area (Å²) in [6, 6.07) is 28.9. The van der Waals surface area contributed by atoms with E-state index in [4.69, 9.17) is 5.11 Å². The van der Waals surface area contributed by atoms with E-state index >= 15 is 0 Å². The molecule has 24 heavy (non-hydrogen) atoms. The van der Waals surface area contributed by atoms with Crippen molar-refractivity contribution in [1.29, 1.82) is 0 Å². The van der Waals surface area contributed by atoms with Crippen LogP contribution in [0.4, 0.5) is 0 Å². The Bertz CT molecular complexity index is 805. The van der Waals surface area contributed by atoms with Crippen LogP contribution < -0.4 is 0 Å². The first-order chi connectivity index (χ1) is 11.8. The van der Waals surface area contributed by atoms with E-state index in [0.29, 0.717) is 5.75 Å². The molecule has 0 atom stereocenters. The standard InChI is InChI=1S/C14H11N3.C6H6O/c1-3-7-11(8-4-1)13-14(16-17-15-13)12-9-5-2-6-10-12;7-6-4-2-1-3-5-6/h1-10H,(H,15,16,17);1-5,7H. The molecule has 4 aromatic rings. The van der Waals surface area contributed by atoms with Gasteiger partial charge in [0.2, 0.25) is 0 Å². The highest BCUT2D eigenvalue weighted by atomic mass is 16.3. The lowest BCUT2D eigenvalue weighted by Gasteiger charge is -2.01. The van der Waals surface area contributed by atoms with Crippen LogP contribution in [0.25, 0.3) is 22.5 Å². The third-order valence-electron chi connectivity index (χ3n) is 3.41. The van der Waals surface area contributed by atoms with Crippen molar-refractivity contribution >= 4 is 0 Å². The van der Waals surface area contributed by atoms with Gasteiger partial charge in [-0.15, -0.1) is 5.10 Å². The van der Waals surface area contributed by atoms with Gasteiger partial charge in [0, 0.05) is 11.1 Å². The molecule has 1 aromatic heterocycles. The maximum atomic E-state index is 8.63. The Labute approximate surface area is 140 Å². The third-order valence-corrected chi connectivity index (χ3v) is 3.41. The number of para-hydroxylation sites is 1. The number of aromatic nitrogens is 3. The number of hydrogen-bond donors (Lipinski definition) is 2. The molecule has 0 radical (unpaired) electrons. The SMILES string of the molecule is Oc1ccccc1.c1ccc(-c2nn[nH]c2-c2ccccc2)cc1. The van der Waals surface area contributed by atoms with Crippen LogP contribution >= 0.6 is 0 Å². The number of aromatic hydroxyl groups is 1. The van der Waals surface area contributed by atoms with Crippen molar-refractivity contribution in [3.05, 3.63) is 91.0 Å². The summed E-state index contributed by atoms with van der Waals surface area (Å²) in [6.45, 7) is 0. The second kappa shape index (κ2) is 7.74. The first kappa shape index (κ1) is 15.5. The lowest BCUT2D eigenvalue weighted by molar-refractivity contribution is 0.475. The summed E-state index contributed by atoms with van der Waals surface area (Å²) in [4.78, 5) is 0. The summed E-state index contributed by atoms with van der Waals surface area (Å²) >= 11 is 0. The number of phenols is 1. The van der Waals surface area contributed by atoms with E-state index in [2.05, 4.69) is 15.4 Å². The summed E-state index contributed by atoms with van der Waals surface area (Å²) in [6.07, 6.45) is 0. The van der Waals surface area contributed by atoms with Crippen molar-refractivity contribution in [1.82, 2.24) is 15.4 Å². The number of aromatic amines is 1. The number of nitrogens with zero attached hydrogens (tertiary/aromatic N) is 2. The largest absolute Gasteiger partial charge is 0.508 e. The van der Waals surface area contributed by atoms with E-state index in [1.807, 2.05) is 66.7 Å². The van der Waals surface area contributed by atoms with Crippen molar-refractivity contribution in [3.63, 3.8) is 0 Å². The summed E-state index contributed by atoms with van der Waals surface area (Å²) in [5.74, 6) is 0.322. The average Bonchev–Trinajstić information content (AvgIpc) is 3.14. The fourth-order valence-electron chi connectivity index (χ4n) is 2.26. The molecule has 0 aliphatic heterocycles. The van der Waals surface area contributed by atoms with Gasteiger partial charge < -0.3 is 5.11 Å². The predicted octanol–water partition coefficient (Wildman–Crippen LogP) is 4.53. The molecule has 4 nitrogen and oxygen atoms in total. The zero-order chi connectivity index (χ0) is 16.6. The zero-order valence-electron chi connectivity index (χ0n) is 13.0. The molecule has 2 N–H and O–H groups in total. The Hall–Kier alpha value is -3.40. The minimum absolute atomic E-state index is 0.322. The first-order valence-electron chi connectivity index (χ1n) is 7.60. The molecule has 3 aromatic carbocycles. The van der Waals surface area contributed by atoms with E-state index in [9.17, 15) is 0 Å².